The Bertz CT molecular complexity index is 1240. The summed E-state index contributed by atoms with van der Waals surface area (Å²) in [6.45, 7) is 1.90. The number of carbonyl (C=O) groups excluding carboxylic acids is 1. The molecule has 150 valence electrons. The standard InChI is InChI=1S/C22H15BrCl2N4O/c1-13-18(25)6-3-7-19(13)29-21(14-8-10-15(23)11-9-14)27-20(28-29)22(30)26-17-5-2-4-16(24)12-17/h2-12H,1H3,(H,26,30). The van der Waals surface area contributed by atoms with E-state index in [0.717, 1.165) is 21.3 Å². The number of anilines is 1. The minimum Gasteiger partial charge on any atom is -0.319 e. The highest BCUT2D eigenvalue weighted by molar-refractivity contribution is 9.10. The van der Waals surface area contributed by atoms with Crippen molar-refractivity contribution in [2.45, 2.75) is 6.92 Å². The molecule has 1 N–H and O–H groups in total. The quantitative estimate of drug-likeness (QED) is 0.344. The van der Waals surface area contributed by atoms with Crippen LogP contribution in [-0.2, 0) is 0 Å². The van der Waals surface area contributed by atoms with Crippen LogP contribution < -0.4 is 5.32 Å². The Kier molecular flexibility index (Phi) is 5.90. The lowest BCUT2D eigenvalue weighted by Gasteiger charge is -2.10. The first-order chi connectivity index (χ1) is 14.4. The number of rotatable bonds is 4. The zero-order valence-electron chi connectivity index (χ0n) is 15.7. The first-order valence-electron chi connectivity index (χ1n) is 8.98. The summed E-state index contributed by atoms with van der Waals surface area (Å²) in [5.41, 5.74) is 2.96. The topological polar surface area (TPSA) is 59.8 Å². The summed E-state index contributed by atoms with van der Waals surface area (Å²) < 4.78 is 2.58. The number of nitrogens with zero attached hydrogens (tertiary/aromatic N) is 3. The van der Waals surface area contributed by atoms with Crippen molar-refractivity contribution in [3.8, 4) is 17.1 Å². The van der Waals surface area contributed by atoms with E-state index in [1.54, 1.807) is 28.9 Å². The van der Waals surface area contributed by atoms with Gasteiger partial charge in [0.25, 0.3) is 5.91 Å². The first-order valence-corrected chi connectivity index (χ1v) is 10.5. The molecule has 0 aliphatic rings. The maximum absolute atomic E-state index is 12.8. The van der Waals surface area contributed by atoms with Crippen LogP contribution >= 0.6 is 39.1 Å². The summed E-state index contributed by atoms with van der Waals surface area (Å²) >= 11 is 15.8. The van der Waals surface area contributed by atoms with E-state index >= 15 is 0 Å². The fraction of sp³-hybridized carbons (Fsp3) is 0.0455. The molecule has 0 fully saturated rings. The van der Waals surface area contributed by atoms with Gasteiger partial charge in [-0.05, 0) is 55.0 Å². The summed E-state index contributed by atoms with van der Waals surface area (Å²) in [7, 11) is 0. The molecule has 3 aromatic carbocycles. The molecule has 0 spiro atoms. The molecule has 1 heterocycles. The van der Waals surface area contributed by atoms with Crippen LogP contribution in [0.15, 0.2) is 71.2 Å². The second-order valence-corrected chi connectivity index (χ2v) is 8.29. The Morgan fingerprint density at radius 2 is 1.77 bits per heavy atom. The fourth-order valence-corrected chi connectivity index (χ4v) is 3.57. The Balaban J connectivity index is 1.80. The zero-order chi connectivity index (χ0) is 21.3. The Morgan fingerprint density at radius 1 is 1.03 bits per heavy atom. The highest BCUT2D eigenvalue weighted by atomic mass is 79.9. The number of carbonyl (C=O) groups is 1. The van der Waals surface area contributed by atoms with Crippen LogP contribution in [0.25, 0.3) is 17.1 Å². The number of aromatic nitrogens is 3. The minimum absolute atomic E-state index is 0.0345. The van der Waals surface area contributed by atoms with Gasteiger partial charge in [-0.3, -0.25) is 4.79 Å². The van der Waals surface area contributed by atoms with Gasteiger partial charge < -0.3 is 5.32 Å². The SMILES string of the molecule is Cc1c(Cl)cccc1-n1nc(C(=O)Nc2cccc(Cl)c2)nc1-c1ccc(Br)cc1. The molecule has 0 aliphatic heterocycles. The number of hydrogen-bond acceptors (Lipinski definition) is 3. The Hall–Kier alpha value is -2.67. The summed E-state index contributed by atoms with van der Waals surface area (Å²) in [5.74, 6) is 0.130. The third-order valence-electron chi connectivity index (χ3n) is 4.46. The van der Waals surface area contributed by atoms with E-state index in [4.69, 9.17) is 23.2 Å². The van der Waals surface area contributed by atoms with Crippen LogP contribution in [0.5, 0.6) is 0 Å². The molecule has 1 aromatic heterocycles. The van der Waals surface area contributed by atoms with Crippen molar-refractivity contribution in [2.24, 2.45) is 0 Å². The molecular weight excluding hydrogens is 487 g/mol. The van der Waals surface area contributed by atoms with E-state index in [-0.39, 0.29) is 5.82 Å². The van der Waals surface area contributed by atoms with Crippen molar-refractivity contribution in [1.29, 1.82) is 0 Å². The highest BCUT2D eigenvalue weighted by Gasteiger charge is 2.20. The normalized spacial score (nSPS) is 10.8. The number of benzene rings is 3. The van der Waals surface area contributed by atoms with Crippen molar-refractivity contribution in [3.05, 3.63) is 92.6 Å². The molecule has 0 saturated carbocycles. The average molecular weight is 502 g/mol. The second-order valence-electron chi connectivity index (χ2n) is 6.53. The highest BCUT2D eigenvalue weighted by Crippen LogP contribution is 2.28. The van der Waals surface area contributed by atoms with Crippen LogP contribution in [-0.4, -0.2) is 20.7 Å². The van der Waals surface area contributed by atoms with Crippen LogP contribution in [0, 0.1) is 6.92 Å². The molecule has 0 aliphatic carbocycles. The molecule has 0 atom stereocenters. The van der Waals surface area contributed by atoms with E-state index in [1.165, 1.54) is 0 Å². The first kappa shape index (κ1) is 20.6. The summed E-state index contributed by atoms with van der Waals surface area (Å²) in [6.07, 6.45) is 0. The molecule has 0 radical (unpaired) electrons. The fourth-order valence-electron chi connectivity index (χ4n) is 2.94. The lowest BCUT2D eigenvalue weighted by atomic mass is 10.1. The molecule has 4 rings (SSSR count). The van der Waals surface area contributed by atoms with Crippen molar-refractivity contribution in [2.75, 3.05) is 5.32 Å². The van der Waals surface area contributed by atoms with E-state index in [9.17, 15) is 4.79 Å². The van der Waals surface area contributed by atoms with Crippen molar-refractivity contribution < 1.29 is 4.79 Å². The van der Waals surface area contributed by atoms with Crippen molar-refractivity contribution >= 4 is 50.7 Å². The summed E-state index contributed by atoms with van der Waals surface area (Å²) in [4.78, 5) is 17.4. The van der Waals surface area contributed by atoms with Gasteiger partial charge in [0.15, 0.2) is 5.82 Å². The minimum atomic E-state index is -0.436. The number of nitrogens with one attached hydrogen (secondary N) is 1. The smallest absolute Gasteiger partial charge is 0.295 e. The number of amides is 1. The third-order valence-corrected chi connectivity index (χ3v) is 5.64. The molecule has 0 bridgehead atoms. The molecule has 4 aromatic rings. The molecule has 5 nitrogen and oxygen atoms in total. The monoisotopic (exact) mass is 500 g/mol. The lowest BCUT2D eigenvalue weighted by molar-refractivity contribution is 0.101. The molecule has 8 heteroatoms. The molecule has 30 heavy (non-hydrogen) atoms. The van der Waals surface area contributed by atoms with Gasteiger partial charge >= 0.3 is 0 Å². The Morgan fingerprint density at radius 3 is 2.50 bits per heavy atom. The van der Waals surface area contributed by atoms with Gasteiger partial charge in [0.2, 0.25) is 5.82 Å². The van der Waals surface area contributed by atoms with Gasteiger partial charge in [-0.1, -0.05) is 63.4 Å². The maximum Gasteiger partial charge on any atom is 0.295 e. The van der Waals surface area contributed by atoms with Crippen molar-refractivity contribution in [1.82, 2.24) is 14.8 Å². The van der Waals surface area contributed by atoms with Crippen LogP contribution in [0.2, 0.25) is 10.0 Å². The van der Waals surface area contributed by atoms with Gasteiger partial charge in [0.1, 0.15) is 0 Å². The van der Waals surface area contributed by atoms with Crippen LogP contribution in [0.3, 0.4) is 0 Å². The van der Waals surface area contributed by atoms with Gasteiger partial charge in [0, 0.05) is 25.8 Å². The second kappa shape index (κ2) is 8.60. The lowest BCUT2D eigenvalue weighted by Crippen LogP contribution is -2.14. The van der Waals surface area contributed by atoms with E-state index in [2.05, 4.69) is 31.3 Å². The molecule has 1 amide bonds. The molecular formula is C22H15BrCl2N4O. The van der Waals surface area contributed by atoms with E-state index in [0.29, 0.717) is 21.6 Å². The predicted molar refractivity (Wildman–Crippen MR) is 124 cm³/mol. The van der Waals surface area contributed by atoms with Gasteiger partial charge in [-0.25, -0.2) is 9.67 Å². The zero-order valence-corrected chi connectivity index (χ0v) is 18.8. The summed E-state index contributed by atoms with van der Waals surface area (Å²) in [6, 6.07) is 20.1. The molecule has 0 saturated heterocycles. The van der Waals surface area contributed by atoms with Gasteiger partial charge in [0.05, 0.1) is 5.69 Å². The Labute approximate surface area is 191 Å². The maximum atomic E-state index is 12.8. The predicted octanol–water partition coefficient (Wildman–Crippen LogP) is 6.56. The average Bonchev–Trinajstić information content (AvgIpc) is 3.16. The van der Waals surface area contributed by atoms with E-state index < -0.39 is 5.91 Å². The van der Waals surface area contributed by atoms with Crippen LogP contribution in [0.1, 0.15) is 16.2 Å². The van der Waals surface area contributed by atoms with Crippen molar-refractivity contribution in [3.63, 3.8) is 0 Å². The largest absolute Gasteiger partial charge is 0.319 e. The third kappa shape index (κ3) is 4.26. The van der Waals surface area contributed by atoms with Gasteiger partial charge in [-0.15, -0.1) is 5.10 Å². The number of hydrogen-bond donors (Lipinski definition) is 1. The van der Waals surface area contributed by atoms with Gasteiger partial charge in [-0.2, -0.15) is 0 Å². The van der Waals surface area contributed by atoms with E-state index in [1.807, 2.05) is 49.4 Å². The number of halogens is 3. The molecule has 0 unspecified atom stereocenters. The summed E-state index contributed by atoms with van der Waals surface area (Å²) in [5, 5.41) is 8.40. The van der Waals surface area contributed by atoms with Crippen LogP contribution in [0.4, 0.5) is 5.69 Å².